The predicted octanol–water partition coefficient (Wildman–Crippen LogP) is 2.31. The number of amidine groups is 1. The van der Waals surface area contributed by atoms with E-state index in [1.54, 1.807) is 7.05 Å². The average Bonchev–Trinajstić information content (AvgIpc) is 2.36. The Balaban J connectivity index is 3.06. The summed E-state index contributed by atoms with van der Waals surface area (Å²) >= 11 is 0. The summed E-state index contributed by atoms with van der Waals surface area (Å²) in [7, 11) is 1.77. The van der Waals surface area contributed by atoms with Crippen LogP contribution in [0.15, 0.2) is 35.3 Å². The third-order valence-electron chi connectivity index (χ3n) is 3.06. The van der Waals surface area contributed by atoms with Gasteiger partial charge >= 0.3 is 0 Å². The van der Waals surface area contributed by atoms with E-state index in [-0.39, 0.29) is 5.92 Å². The van der Waals surface area contributed by atoms with Crippen LogP contribution >= 0.6 is 0 Å². The highest BCUT2D eigenvalue weighted by molar-refractivity contribution is 5.88. The number of nitrogens with two attached hydrogens (primary N) is 1. The molecule has 1 aromatic rings. The van der Waals surface area contributed by atoms with E-state index in [0.717, 1.165) is 12.3 Å². The molecule has 3 N–H and O–H groups in total. The second-order valence-electron chi connectivity index (χ2n) is 4.03. The van der Waals surface area contributed by atoms with E-state index in [1.165, 1.54) is 5.56 Å². The van der Waals surface area contributed by atoms with Crippen molar-refractivity contribution >= 4 is 5.84 Å². The lowest BCUT2D eigenvalue weighted by atomic mass is 9.84. The van der Waals surface area contributed by atoms with Crippen LogP contribution < -0.4 is 11.3 Å². The van der Waals surface area contributed by atoms with Gasteiger partial charge in [-0.2, -0.15) is 0 Å². The molecular formula is C13H21N3. The maximum Gasteiger partial charge on any atom is 0.118 e. The van der Waals surface area contributed by atoms with Crippen molar-refractivity contribution in [2.75, 3.05) is 7.05 Å². The molecule has 0 saturated heterocycles. The standard InChI is InChI=1S/C13H21N3/c1-4-10(2)12(13(15-3)16-14)11-8-6-5-7-9-11/h5-10,12H,4,14H2,1-3H3,(H,15,16). The van der Waals surface area contributed by atoms with Gasteiger partial charge in [-0.3, -0.25) is 4.99 Å². The van der Waals surface area contributed by atoms with Gasteiger partial charge in [0.25, 0.3) is 0 Å². The van der Waals surface area contributed by atoms with Crippen LogP contribution in [0.1, 0.15) is 31.7 Å². The fourth-order valence-corrected chi connectivity index (χ4v) is 1.95. The first-order valence-corrected chi connectivity index (χ1v) is 5.72. The number of benzene rings is 1. The number of aliphatic imine (C=N–C) groups is 1. The minimum Gasteiger partial charge on any atom is -0.312 e. The second kappa shape index (κ2) is 6.28. The molecule has 3 heteroatoms. The van der Waals surface area contributed by atoms with Gasteiger partial charge in [-0.05, 0) is 11.5 Å². The molecule has 1 rings (SSSR count). The number of rotatable bonds is 4. The zero-order valence-electron chi connectivity index (χ0n) is 10.3. The highest BCUT2D eigenvalue weighted by Crippen LogP contribution is 2.27. The molecule has 0 amide bonds. The smallest absolute Gasteiger partial charge is 0.118 e. The minimum atomic E-state index is 0.251. The summed E-state index contributed by atoms with van der Waals surface area (Å²) in [5.41, 5.74) is 3.98. The van der Waals surface area contributed by atoms with Crippen molar-refractivity contribution in [3.8, 4) is 0 Å². The lowest BCUT2D eigenvalue weighted by Gasteiger charge is -2.24. The summed E-state index contributed by atoms with van der Waals surface area (Å²) < 4.78 is 0. The number of hydrogen-bond donors (Lipinski definition) is 2. The molecule has 0 saturated carbocycles. The van der Waals surface area contributed by atoms with Gasteiger partial charge in [0.2, 0.25) is 0 Å². The molecule has 0 aliphatic carbocycles. The Morgan fingerprint density at radius 1 is 1.38 bits per heavy atom. The number of nitrogens with one attached hydrogen (secondary N) is 1. The molecule has 0 heterocycles. The van der Waals surface area contributed by atoms with Crippen LogP contribution in [-0.4, -0.2) is 12.9 Å². The Labute approximate surface area is 97.7 Å². The van der Waals surface area contributed by atoms with Crippen LogP contribution in [0.25, 0.3) is 0 Å². The first kappa shape index (κ1) is 12.7. The van der Waals surface area contributed by atoms with E-state index < -0.39 is 0 Å². The van der Waals surface area contributed by atoms with E-state index >= 15 is 0 Å². The Bertz CT molecular complexity index is 332. The summed E-state index contributed by atoms with van der Waals surface area (Å²) in [5, 5.41) is 0. The van der Waals surface area contributed by atoms with E-state index in [4.69, 9.17) is 5.84 Å². The van der Waals surface area contributed by atoms with Crippen LogP contribution in [0.3, 0.4) is 0 Å². The van der Waals surface area contributed by atoms with Crippen molar-refractivity contribution in [3.63, 3.8) is 0 Å². The number of hydrogen-bond acceptors (Lipinski definition) is 2. The van der Waals surface area contributed by atoms with E-state index in [9.17, 15) is 0 Å². The molecule has 0 fully saturated rings. The molecule has 3 nitrogen and oxygen atoms in total. The largest absolute Gasteiger partial charge is 0.312 e. The number of nitrogens with zero attached hydrogens (tertiary/aromatic N) is 1. The zero-order chi connectivity index (χ0) is 12.0. The van der Waals surface area contributed by atoms with Crippen LogP contribution in [0.5, 0.6) is 0 Å². The molecule has 0 radical (unpaired) electrons. The first-order chi connectivity index (χ1) is 7.74. The van der Waals surface area contributed by atoms with Crippen LogP contribution in [0.2, 0.25) is 0 Å². The summed E-state index contributed by atoms with van der Waals surface area (Å²) in [6, 6.07) is 10.4. The first-order valence-electron chi connectivity index (χ1n) is 5.72. The lowest BCUT2D eigenvalue weighted by molar-refractivity contribution is 0.517. The Morgan fingerprint density at radius 3 is 2.44 bits per heavy atom. The molecule has 1 aromatic carbocycles. The lowest BCUT2D eigenvalue weighted by Crippen LogP contribution is -2.37. The molecule has 0 bridgehead atoms. The Morgan fingerprint density at radius 2 is 2.00 bits per heavy atom. The van der Waals surface area contributed by atoms with E-state index in [2.05, 4.69) is 48.5 Å². The molecule has 0 aliphatic rings. The van der Waals surface area contributed by atoms with Crippen molar-refractivity contribution in [3.05, 3.63) is 35.9 Å². The van der Waals surface area contributed by atoms with Gasteiger partial charge in [0.05, 0.1) is 0 Å². The van der Waals surface area contributed by atoms with Crippen molar-refractivity contribution in [1.82, 2.24) is 5.43 Å². The van der Waals surface area contributed by atoms with Crippen molar-refractivity contribution in [1.29, 1.82) is 0 Å². The van der Waals surface area contributed by atoms with Crippen LogP contribution in [-0.2, 0) is 0 Å². The zero-order valence-corrected chi connectivity index (χ0v) is 10.3. The number of hydrazine groups is 1. The summed E-state index contributed by atoms with van der Waals surface area (Å²) in [6.07, 6.45) is 1.10. The predicted molar refractivity (Wildman–Crippen MR) is 69.3 cm³/mol. The highest BCUT2D eigenvalue weighted by Gasteiger charge is 2.22. The fraction of sp³-hybridized carbons (Fsp3) is 0.462. The third kappa shape index (κ3) is 2.83. The minimum absolute atomic E-state index is 0.251. The molecule has 0 aliphatic heterocycles. The molecule has 88 valence electrons. The maximum absolute atomic E-state index is 5.53. The molecule has 2 atom stereocenters. The van der Waals surface area contributed by atoms with Crippen molar-refractivity contribution < 1.29 is 0 Å². The van der Waals surface area contributed by atoms with E-state index in [0.29, 0.717) is 5.92 Å². The fourth-order valence-electron chi connectivity index (χ4n) is 1.95. The monoisotopic (exact) mass is 219 g/mol. The third-order valence-corrected chi connectivity index (χ3v) is 3.06. The topological polar surface area (TPSA) is 50.4 Å². The van der Waals surface area contributed by atoms with Gasteiger partial charge < -0.3 is 5.43 Å². The molecule has 0 aromatic heterocycles. The highest BCUT2D eigenvalue weighted by atomic mass is 15.3. The average molecular weight is 219 g/mol. The van der Waals surface area contributed by atoms with Crippen molar-refractivity contribution in [2.24, 2.45) is 16.8 Å². The Hall–Kier alpha value is -1.35. The van der Waals surface area contributed by atoms with Gasteiger partial charge in [0.1, 0.15) is 5.84 Å². The second-order valence-corrected chi connectivity index (χ2v) is 4.03. The van der Waals surface area contributed by atoms with Gasteiger partial charge in [-0.15, -0.1) is 0 Å². The Kier molecular flexibility index (Phi) is 4.99. The van der Waals surface area contributed by atoms with Crippen molar-refractivity contribution in [2.45, 2.75) is 26.2 Å². The van der Waals surface area contributed by atoms with Crippen LogP contribution in [0, 0.1) is 5.92 Å². The molecule has 0 spiro atoms. The summed E-state index contributed by atoms with van der Waals surface area (Å²) in [4.78, 5) is 4.23. The molecule has 2 unspecified atom stereocenters. The van der Waals surface area contributed by atoms with Gasteiger partial charge in [0.15, 0.2) is 0 Å². The SMILES string of the molecule is CCC(C)C(C(=NC)NN)c1ccccc1. The van der Waals surface area contributed by atoms with Gasteiger partial charge in [0, 0.05) is 13.0 Å². The van der Waals surface area contributed by atoms with Gasteiger partial charge in [-0.25, -0.2) is 5.84 Å². The maximum atomic E-state index is 5.53. The summed E-state index contributed by atoms with van der Waals surface area (Å²) in [5.74, 6) is 7.14. The summed E-state index contributed by atoms with van der Waals surface area (Å²) in [6.45, 7) is 4.41. The van der Waals surface area contributed by atoms with Crippen LogP contribution in [0.4, 0.5) is 0 Å². The quantitative estimate of drug-likeness (QED) is 0.353. The molecular weight excluding hydrogens is 198 g/mol. The van der Waals surface area contributed by atoms with E-state index in [1.807, 2.05) is 6.07 Å². The molecule has 16 heavy (non-hydrogen) atoms. The normalized spacial score (nSPS) is 15.6. The van der Waals surface area contributed by atoms with Gasteiger partial charge in [-0.1, -0.05) is 50.6 Å².